The minimum absolute atomic E-state index is 0. The van der Waals surface area contributed by atoms with Gasteiger partial charge in [-0.2, -0.15) is 13.2 Å². The number of halogens is 4. The highest BCUT2D eigenvalue weighted by molar-refractivity contribution is 14.0. The van der Waals surface area contributed by atoms with Crippen molar-refractivity contribution in [2.45, 2.75) is 18.5 Å². The molecule has 1 unspecified atom stereocenters. The zero-order valence-electron chi connectivity index (χ0n) is 16.7. The third kappa shape index (κ3) is 6.97. The Morgan fingerprint density at radius 2 is 2.03 bits per heavy atom. The lowest BCUT2D eigenvalue weighted by Gasteiger charge is -2.26. The fraction of sp³-hybridized carbons (Fsp3) is 0.350. The van der Waals surface area contributed by atoms with Gasteiger partial charge in [0.1, 0.15) is 6.61 Å². The van der Waals surface area contributed by atoms with Gasteiger partial charge in [0.2, 0.25) is 11.8 Å². The van der Waals surface area contributed by atoms with Crippen LogP contribution in [0.25, 0.3) is 0 Å². The number of carbonyl (C=O) groups excluding carboxylic acids is 1. The van der Waals surface area contributed by atoms with Crippen molar-refractivity contribution in [2.75, 3.05) is 32.1 Å². The van der Waals surface area contributed by atoms with Gasteiger partial charge in [0.25, 0.3) is 0 Å². The van der Waals surface area contributed by atoms with Crippen molar-refractivity contribution in [1.82, 2.24) is 15.6 Å². The third-order valence-electron chi connectivity index (χ3n) is 4.55. The van der Waals surface area contributed by atoms with Crippen molar-refractivity contribution < 1.29 is 22.7 Å². The van der Waals surface area contributed by atoms with Crippen LogP contribution >= 0.6 is 24.0 Å². The number of aliphatic imine (C=N–C) groups is 1. The Kier molecular flexibility index (Phi) is 8.89. The molecule has 168 valence electrons. The number of rotatable bonds is 6. The van der Waals surface area contributed by atoms with Gasteiger partial charge in [-0.05, 0) is 17.7 Å². The van der Waals surface area contributed by atoms with Crippen LogP contribution in [0.5, 0.6) is 5.88 Å². The second kappa shape index (κ2) is 11.2. The van der Waals surface area contributed by atoms with E-state index in [4.69, 9.17) is 4.74 Å². The summed E-state index contributed by atoms with van der Waals surface area (Å²) in [7, 11) is 1.62. The van der Waals surface area contributed by atoms with Crippen molar-refractivity contribution >= 4 is 41.5 Å². The Bertz CT molecular complexity index is 906. The Morgan fingerprint density at radius 1 is 1.26 bits per heavy atom. The highest BCUT2D eigenvalue weighted by Crippen LogP contribution is 2.31. The zero-order valence-corrected chi connectivity index (χ0v) is 19.0. The van der Waals surface area contributed by atoms with Crippen LogP contribution < -0.4 is 20.7 Å². The van der Waals surface area contributed by atoms with Gasteiger partial charge in [0.15, 0.2) is 5.96 Å². The molecule has 1 aromatic carbocycles. The first kappa shape index (κ1) is 24.7. The van der Waals surface area contributed by atoms with Gasteiger partial charge in [-0.15, -0.1) is 24.0 Å². The standard InChI is InChI=1S/C20H22F3N5O2.HI/c1-24-19(25-8-9-30-18-7-6-14(12-26-18)20(21,22)23)27-11-13-10-17(29)28-16-5-3-2-4-15(13)16;/h2-7,12-13H,8-11H2,1H3,(H,28,29)(H2,24,25,27);1H. The minimum atomic E-state index is -4.43. The SMILES string of the molecule is CN=C(NCCOc1ccc(C(F)(F)F)cn1)NCC1CC(=O)Nc2ccccc21.I. The molecule has 0 saturated carbocycles. The molecule has 2 heterocycles. The molecule has 31 heavy (non-hydrogen) atoms. The molecule has 11 heteroatoms. The van der Waals surface area contributed by atoms with Gasteiger partial charge in [0, 0.05) is 43.9 Å². The highest BCUT2D eigenvalue weighted by Gasteiger charge is 2.30. The maximum Gasteiger partial charge on any atom is 0.417 e. The first-order valence-corrected chi connectivity index (χ1v) is 9.36. The van der Waals surface area contributed by atoms with E-state index in [1.54, 1.807) is 7.05 Å². The molecule has 0 saturated heterocycles. The number of ether oxygens (including phenoxy) is 1. The van der Waals surface area contributed by atoms with E-state index in [0.717, 1.165) is 23.5 Å². The van der Waals surface area contributed by atoms with E-state index >= 15 is 0 Å². The first-order valence-electron chi connectivity index (χ1n) is 9.36. The summed E-state index contributed by atoms with van der Waals surface area (Å²) in [6.07, 6.45) is -3.31. The van der Waals surface area contributed by atoms with E-state index < -0.39 is 11.7 Å². The third-order valence-corrected chi connectivity index (χ3v) is 4.55. The average molecular weight is 549 g/mol. The number of nitrogens with zero attached hydrogens (tertiary/aromatic N) is 2. The van der Waals surface area contributed by atoms with Gasteiger partial charge in [-0.1, -0.05) is 18.2 Å². The Morgan fingerprint density at radius 3 is 2.71 bits per heavy atom. The summed E-state index contributed by atoms with van der Waals surface area (Å²) in [5, 5.41) is 9.10. The molecule has 1 aliphatic rings. The van der Waals surface area contributed by atoms with Crippen LogP contribution in [0.4, 0.5) is 18.9 Å². The lowest BCUT2D eigenvalue weighted by molar-refractivity contribution is -0.137. The lowest BCUT2D eigenvalue weighted by Crippen LogP contribution is -2.42. The van der Waals surface area contributed by atoms with E-state index in [9.17, 15) is 18.0 Å². The van der Waals surface area contributed by atoms with Crippen LogP contribution in [-0.2, 0) is 11.0 Å². The number of pyridine rings is 1. The van der Waals surface area contributed by atoms with Crippen LogP contribution in [0.3, 0.4) is 0 Å². The number of fused-ring (bicyclic) bond motifs is 1. The van der Waals surface area contributed by atoms with Crippen molar-refractivity contribution in [3.8, 4) is 5.88 Å². The lowest BCUT2D eigenvalue weighted by atomic mass is 9.90. The summed E-state index contributed by atoms with van der Waals surface area (Å²) >= 11 is 0. The number of para-hydroxylation sites is 1. The summed E-state index contributed by atoms with van der Waals surface area (Å²) in [5.41, 5.74) is 1.06. The summed E-state index contributed by atoms with van der Waals surface area (Å²) in [4.78, 5) is 19.7. The number of guanidine groups is 1. The van der Waals surface area contributed by atoms with Crippen molar-refractivity contribution in [3.63, 3.8) is 0 Å². The molecule has 1 aromatic heterocycles. The molecular weight excluding hydrogens is 526 g/mol. The highest BCUT2D eigenvalue weighted by atomic mass is 127. The molecule has 0 aliphatic carbocycles. The fourth-order valence-corrected chi connectivity index (χ4v) is 3.08. The number of alkyl halides is 3. The largest absolute Gasteiger partial charge is 0.476 e. The van der Waals surface area contributed by atoms with E-state index in [-0.39, 0.29) is 48.3 Å². The number of benzene rings is 1. The Balaban J connectivity index is 0.00000341. The van der Waals surface area contributed by atoms with E-state index in [1.165, 1.54) is 6.07 Å². The number of carbonyl (C=O) groups is 1. The monoisotopic (exact) mass is 549 g/mol. The molecule has 1 aliphatic heterocycles. The van der Waals surface area contributed by atoms with Gasteiger partial charge < -0.3 is 20.7 Å². The molecule has 0 bridgehead atoms. The minimum Gasteiger partial charge on any atom is -0.476 e. The van der Waals surface area contributed by atoms with Gasteiger partial charge in [0.05, 0.1) is 12.1 Å². The van der Waals surface area contributed by atoms with Crippen LogP contribution in [0.2, 0.25) is 0 Å². The second-order valence-corrected chi connectivity index (χ2v) is 6.65. The molecular formula is C20H23F3IN5O2. The van der Waals surface area contributed by atoms with Crippen LogP contribution in [-0.4, -0.2) is 43.6 Å². The summed E-state index contributed by atoms with van der Waals surface area (Å²) in [5.74, 6) is 0.627. The normalized spacial score (nSPS) is 15.9. The maximum absolute atomic E-state index is 12.5. The molecule has 0 fully saturated rings. The Hall–Kier alpha value is -2.57. The van der Waals surface area contributed by atoms with Gasteiger partial charge in [-0.25, -0.2) is 4.98 Å². The smallest absolute Gasteiger partial charge is 0.417 e. The Labute approximate surface area is 194 Å². The van der Waals surface area contributed by atoms with E-state index in [2.05, 4.69) is 25.9 Å². The predicted molar refractivity (Wildman–Crippen MR) is 122 cm³/mol. The van der Waals surface area contributed by atoms with E-state index in [1.807, 2.05) is 24.3 Å². The number of hydrogen-bond acceptors (Lipinski definition) is 4. The topological polar surface area (TPSA) is 87.6 Å². The summed E-state index contributed by atoms with van der Waals surface area (Å²) in [6, 6.07) is 9.78. The van der Waals surface area contributed by atoms with Crippen molar-refractivity contribution in [1.29, 1.82) is 0 Å². The summed E-state index contributed by atoms with van der Waals surface area (Å²) < 4.78 is 42.9. The van der Waals surface area contributed by atoms with Gasteiger partial charge >= 0.3 is 6.18 Å². The second-order valence-electron chi connectivity index (χ2n) is 6.65. The maximum atomic E-state index is 12.5. The van der Waals surface area contributed by atoms with E-state index in [0.29, 0.717) is 25.5 Å². The number of anilines is 1. The van der Waals surface area contributed by atoms with Crippen molar-refractivity contribution in [3.05, 3.63) is 53.7 Å². The molecule has 0 radical (unpaired) electrons. The molecule has 2 aromatic rings. The number of aromatic nitrogens is 1. The van der Waals surface area contributed by atoms with Crippen LogP contribution in [0, 0.1) is 0 Å². The summed E-state index contributed by atoms with van der Waals surface area (Å²) in [6.45, 7) is 1.07. The number of nitrogens with one attached hydrogen (secondary N) is 3. The molecule has 0 spiro atoms. The number of amides is 1. The van der Waals surface area contributed by atoms with Gasteiger partial charge in [-0.3, -0.25) is 9.79 Å². The molecule has 7 nitrogen and oxygen atoms in total. The molecule has 1 atom stereocenters. The average Bonchev–Trinajstić information content (AvgIpc) is 2.72. The quantitative estimate of drug-likeness (QED) is 0.223. The first-order chi connectivity index (χ1) is 14.4. The fourth-order valence-electron chi connectivity index (χ4n) is 3.08. The number of hydrogen-bond donors (Lipinski definition) is 3. The zero-order chi connectivity index (χ0) is 21.6. The van der Waals surface area contributed by atoms with Crippen molar-refractivity contribution in [2.24, 2.45) is 4.99 Å². The predicted octanol–water partition coefficient (Wildman–Crippen LogP) is 3.39. The molecule has 3 N–H and O–H groups in total. The molecule has 3 rings (SSSR count). The van der Waals surface area contributed by atoms with Crippen LogP contribution in [0.1, 0.15) is 23.5 Å². The molecule has 1 amide bonds. The van der Waals surface area contributed by atoms with Crippen LogP contribution in [0.15, 0.2) is 47.6 Å².